The molecule has 1 aromatic heterocycles. The number of carbonyl (C=O) groups excluding carboxylic acids is 1. The number of carbonyl (C=O) groups is 1. The van der Waals surface area contributed by atoms with Crippen molar-refractivity contribution < 1.29 is 34.0 Å². The molecule has 0 amide bonds. The molecule has 1 aliphatic rings. The standard InChI is InChI=1S/C17H29N3O7S/c18-1-2-24-3-4-25-5-6-26-9-12-11-28-17(19-12)20-14-10-27-15(8-22)16(23)13(14)7-21/h7,11,13-16,22-23H,1-6,8-10,18H2,(H,19,20)/t13-,14+,15-,16-/m1/s1. The van der Waals surface area contributed by atoms with Crippen molar-refractivity contribution in [3.63, 3.8) is 0 Å². The van der Waals surface area contributed by atoms with Gasteiger partial charge in [-0.1, -0.05) is 0 Å². The average molecular weight is 420 g/mol. The van der Waals surface area contributed by atoms with Crippen LogP contribution >= 0.6 is 11.3 Å². The first kappa shape index (κ1) is 23.1. The Morgan fingerprint density at radius 2 is 2.00 bits per heavy atom. The van der Waals surface area contributed by atoms with Crippen molar-refractivity contribution in [1.82, 2.24) is 4.98 Å². The number of ether oxygens (including phenoxy) is 4. The number of aromatic nitrogens is 1. The monoisotopic (exact) mass is 419 g/mol. The van der Waals surface area contributed by atoms with Gasteiger partial charge in [-0.15, -0.1) is 11.3 Å². The molecule has 4 atom stereocenters. The van der Waals surface area contributed by atoms with E-state index < -0.39 is 24.2 Å². The minimum Gasteiger partial charge on any atom is -0.394 e. The van der Waals surface area contributed by atoms with Gasteiger partial charge in [0.25, 0.3) is 0 Å². The van der Waals surface area contributed by atoms with E-state index in [-0.39, 0.29) is 13.2 Å². The van der Waals surface area contributed by atoms with Crippen LogP contribution in [0.15, 0.2) is 5.38 Å². The Labute approximate surface area is 167 Å². The first-order valence-corrected chi connectivity index (χ1v) is 10.1. The van der Waals surface area contributed by atoms with Crippen molar-refractivity contribution in [2.24, 2.45) is 11.7 Å². The lowest BCUT2D eigenvalue weighted by Gasteiger charge is -2.37. The van der Waals surface area contributed by atoms with Gasteiger partial charge in [-0.25, -0.2) is 4.98 Å². The van der Waals surface area contributed by atoms with Gasteiger partial charge < -0.3 is 45.0 Å². The molecule has 0 aromatic carbocycles. The number of rotatable bonds is 14. The predicted molar refractivity (Wildman–Crippen MR) is 102 cm³/mol. The molecular formula is C17H29N3O7S. The summed E-state index contributed by atoms with van der Waals surface area (Å²) in [6.45, 7) is 3.16. The number of aliphatic hydroxyl groups excluding tert-OH is 2. The summed E-state index contributed by atoms with van der Waals surface area (Å²) in [4.78, 5) is 15.8. The molecule has 28 heavy (non-hydrogen) atoms. The van der Waals surface area contributed by atoms with E-state index in [2.05, 4.69) is 10.3 Å². The molecule has 1 saturated heterocycles. The summed E-state index contributed by atoms with van der Waals surface area (Å²) in [6, 6.07) is -0.412. The molecule has 0 unspecified atom stereocenters. The van der Waals surface area contributed by atoms with Gasteiger partial charge in [0.15, 0.2) is 5.13 Å². The molecule has 2 heterocycles. The van der Waals surface area contributed by atoms with Crippen LogP contribution in [0.5, 0.6) is 0 Å². The third-order valence-electron chi connectivity index (χ3n) is 4.18. The fraction of sp³-hybridized carbons (Fsp3) is 0.765. The largest absolute Gasteiger partial charge is 0.394 e. The lowest BCUT2D eigenvalue weighted by Crippen LogP contribution is -2.53. The third kappa shape index (κ3) is 7.33. The molecule has 1 fully saturated rings. The van der Waals surface area contributed by atoms with Crippen LogP contribution in [0.2, 0.25) is 0 Å². The molecule has 11 heteroatoms. The molecule has 1 aliphatic heterocycles. The van der Waals surface area contributed by atoms with Gasteiger partial charge in [-0.2, -0.15) is 0 Å². The highest BCUT2D eigenvalue weighted by molar-refractivity contribution is 7.13. The maximum atomic E-state index is 11.3. The molecule has 2 rings (SSSR count). The number of nitrogens with one attached hydrogen (secondary N) is 1. The van der Waals surface area contributed by atoms with Crippen LogP contribution in [0.3, 0.4) is 0 Å². The van der Waals surface area contributed by atoms with E-state index in [0.29, 0.717) is 57.6 Å². The van der Waals surface area contributed by atoms with E-state index in [0.717, 1.165) is 5.69 Å². The zero-order valence-corrected chi connectivity index (χ0v) is 16.5. The Balaban J connectivity index is 1.66. The van der Waals surface area contributed by atoms with E-state index in [9.17, 15) is 15.0 Å². The maximum absolute atomic E-state index is 11.3. The molecule has 5 N–H and O–H groups in total. The van der Waals surface area contributed by atoms with Crippen molar-refractivity contribution in [2.45, 2.75) is 24.9 Å². The lowest BCUT2D eigenvalue weighted by molar-refractivity contribution is -0.141. The van der Waals surface area contributed by atoms with Crippen molar-refractivity contribution in [3.8, 4) is 0 Å². The first-order chi connectivity index (χ1) is 13.7. The zero-order chi connectivity index (χ0) is 20.2. The summed E-state index contributed by atoms with van der Waals surface area (Å²) in [5.41, 5.74) is 6.07. The number of hydrogen-bond acceptors (Lipinski definition) is 11. The molecule has 0 radical (unpaired) electrons. The second-order valence-electron chi connectivity index (χ2n) is 6.22. The van der Waals surface area contributed by atoms with Gasteiger partial charge in [0, 0.05) is 11.9 Å². The van der Waals surface area contributed by atoms with Crippen molar-refractivity contribution in [1.29, 1.82) is 0 Å². The highest BCUT2D eigenvalue weighted by atomic mass is 32.1. The van der Waals surface area contributed by atoms with Crippen LogP contribution in [-0.2, 0) is 30.3 Å². The Kier molecular flexibility index (Phi) is 10.8. The summed E-state index contributed by atoms with van der Waals surface area (Å²) in [5, 5.41) is 24.9. The van der Waals surface area contributed by atoms with Crippen LogP contribution < -0.4 is 11.1 Å². The van der Waals surface area contributed by atoms with E-state index in [1.165, 1.54) is 11.3 Å². The molecular weight excluding hydrogens is 390 g/mol. The SMILES string of the molecule is NCCOCCOCCOCc1csc(N[C@H]2CO[C@H](CO)[C@H](O)[C@@H]2C=O)n1. The number of anilines is 1. The Bertz CT molecular complexity index is 563. The maximum Gasteiger partial charge on any atom is 0.183 e. The molecule has 160 valence electrons. The predicted octanol–water partition coefficient (Wildman–Crippen LogP) is -1.00. The smallest absolute Gasteiger partial charge is 0.183 e. The fourth-order valence-corrected chi connectivity index (χ4v) is 3.45. The molecule has 0 bridgehead atoms. The van der Waals surface area contributed by atoms with Crippen LogP contribution in [0.1, 0.15) is 5.69 Å². The minimum absolute atomic E-state index is 0.198. The van der Waals surface area contributed by atoms with Crippen LogP contribution in [0.4, 0.5) is 5.13 Å². The van der Waals surface area contributed by atoms with E-state index in [4.69, 9.17) is 24.7 Å². The van der Waals surface area contributed by atoms with Gasteiger partial charge in [0.1, 0.15) is 12.4 Å². The normalized spacial score (nSPS) is 25.0. The van der Waals surface area contributed by atoms with Gasteiger partial charge in [-0.05, 0) is 0 Å². The summed E-state index contributed by atoms with van der Waals surface area (Å²) < 4.78 is 21.5. The number of aliphatic hydroxyl groups is 2. The summed E-state index contributed by atoms with van der Waals surface area (Å²) >= 11 is 1.38. The Morgan fingerprint density at radius 3 is 2.68 bits per heavy atom. The number of nitrogens with zero attached hydrogens (tertiary/aromatic N) is 1. The summed E-state index contributed by atoms with van der Waals surface area (Å²) in [5.74, 6) is -0.680. The van der Waals surface area contributed by atoms with Gasteiger partial charge in [0.2, 0.25) is 0 Å². The highest BCUT2D eigenvalue weighted by Gasteiger charge is 2.39. The topological polar surface area (TPSA) is 145 Å². The van der Waals surface area contributed by atoms with Crippen LogP contribution in [0, 0.1) is 5.92 Å². The van der Waals surface area contributed by atoms with Crippen LogP contribution in [-0.4, -0.2) is 92.5 Å². The van der Waals surface area contributed by atoms with E-state index in [1.807, 2.05) is 5.38 Å². The molecule has 0 spiro atoms. The third-order valence-corrected chi connectivity index (χ3v) is 5.01. The first-order valence-electron chi connectivity index (χ1n) is 9.19. The average Bonchev–Trinajstić information content (AvgIpc) is 3.14. The van der Waals surface area contributed by atoms with Gasteiger partial charge >= 0.3 is 0 Å². The highest BCUT2D eigenvalue weighted by Crippen LogP contribution is 2.25. The quantitative estimate of drug-likeness (QED) is 0.219. The second-order valence-corrected chi connectivity index (χ2v) is 7.08. The van der Waals surface area contributed by atoms with Crippen molar-refractivity contribution in [3.05, 3.63) is 11.1 Å². The Hall–Kier alpha value is -1.18. The number of hydrogen-bond donors (Lipinski definition) is 4. The van der Waals surface area contributed by atoms with E-state index >= 15 is 0 Å². The fourth-order valence-electron chi connectivity index (χ4n) is 2.69. The molecule has 0 aliphatic carbocycles. The van der Waals surface area contributed by atoms with Crippen molar-refractivity contribution >= 4 is 22.8 Å². The van der Waals surface area contributed by atoms with Gasteiger partial charge in [0.05, 0.1) is 76.6 Å². The van der Waals surface area contributed by atoms with Crippen molar-refractivity contribution in [2.75, 3.05) is 58.1 Å². The molecule has 0 saturated carbocycles. The second kappa shape index (κ2) is 13.1. The number of aldehydes is 1. The molecule has 1 aromatic rings. The lowest BCUT2D eigenvalue weighted by atomic mass is 9.89. The zero-order valence-electron chi connectivity index (χ0n) is 15.7. The summed E-state index contributed by atoms with van der Waals surface area (Å²) in [7, 11) is 0. The van der Waals surface area contributed by atoms with E-state index in [1.54, 1.807) is 0 Å². The minimum atomic E-state index is -1.06. The Morgan fingerprint density at radius 1 is 1.29 bits per heavy atom. The summed E-state index contributed by atoms with van der Waals surface area (Å²) in [6.07, 6.45) is -1.12. The number of thiazole rings is 1. The number of nitrogens with two attached hydrogens (primary N) is 1. The van der Waals surface area contributed by atoms with Crippen LogP contribution in [0.25, 0.3) is 0 Å². The van der Waals surface area contributed by atoms with Gasteiger partial charge in [-0.3, -0.25) is 0 Å². The molecule has 10 nitrogen and oxygen atoms in total.